The second-order valence-electron chi connectivity index (χ2n) is 8.63. The highest BCUT2D eigenvalue weighted by molar-refractivity contribution is 7.07. The van der Waals surface area contributed by atoms with E-state index in [9.17, 15) is 19.3 Å². The summed E-state index contributed by atoms with van der Waals surface area (Å²) < 4.78 is 15.8. The average molecular weight is 518 g/mol. The van der Waals surface area contributed by atoms with Crippen molar-refractivity contribution in [3.8, 4) is 0 Å². The zero-order chi connectivity index (χ0) is 25.0. The molecule has 0 radical (unpaired) electrons. The van der Waals surface area contributed by atoms with Gasteiger partial charge in [0.2, 0.25) is 0 Å². The summed E-state index contributed by atoms with van der Waals surface area (Å²) in [6.07, 6.45) is 3.16. The van der Waals surface area contributed by atoms with Gasteiger partial charge >= 0.3 is 0 Å². The van der Waals surface area contributed by atoms with Gasteiger partial charge in [-0.25, -0.2) is 9.38 Å². The Bertz CT molecular complexity index is 1770. The van der Waals surface area contributed by atoms with E-state index in [1.165, 1.54) is 41.2 Å². The quantitative estimate of drug-likeness (QED) is 0.283. The molecule has 1 aliphatic heterocycles. The summed E-state index contributed by atoms with van der Waals surface area (Å²) in [7, 11) is 0. The fraction of sp³-hybridized carbons (Fsp3) is 0.111. The van der Waals surface area contributed by atoms with E-state index in [2.05, 4.69) is 6.07 Å². The lowest BCUT2D eigenvalue weighted by molar-refractivity contribution is -0.384. The molecule has 3 aromatic carbocycles. The third-order valence-electron chi connectivity index (χ3n) is 6.52. The SMILES string of the molecule is O=c1c(=Cc2ccc(Cl)c([N+](=O)[O-])c2)sc2n1C(c1ccc(F)cc1)C1=C(N=2)c2ccccc2CC1. The molecule has 9 heteroatoms. The molecular weight excluding hydrogens is 501 g/mol. The van der Waals surface area contributed by atoms with Gasteiger partial charge in [-0.15, -0.1) is 0 Å². The van der Waals surface area contributed by atoms with E-state index in [0.717, 1.165) is 35.2 Å². The highest BCUT2D eigenvalue weighted by Crippen LogP contribution is 2.41. The number of hydrogen-bond donors (Lipinski definition) is 0. The number of nitrogens with zero attached hydrogens (tertiary/aromatic N) is 3. The molecule has 178 valence electrons. The molecule has 0 bridgehead atoms. The van der Waals surface area contributed by atoms with Crippen molar-refractivity contribution in [2.75, 3.05) is 0 Å². The van der Waals surface area contributed by atoms with Crippen LogP contribution >= 0.6 is 22.9 Å². The zero-order valence-electron chi connectivity index (χ0n) is 18.7. The van der Waals surface area contributed by atoms with Crippen molar-refractivity contribution in [2.45, 2.75) is 18.9 Å². The first-order valence-corrected chi connectivity index (χ1v) is 12.4. The van der Waals surface area contributed by atoms with Crippen LogP contribution < -0.4 is 14.9 Å². The van der Waals surface area contributed by atoms with Crippen molar-refractivity contribution in [2.24, 2.45) is 4.99 Å². The third-order valence-corrected chi connectivity index (χ3v) is 7.83. The van der Waals surface area contributed by atoms with Crippen molar-refractivity contribution in [1.82, 2.24) is 4.57 Å². The molecule has 0 saturated carbocycles. The van der Waals surface area contributed by atoms with Crippen LogP contribution in [-0.2, 0) is 6.42 Å². The molecule has 1 atom stereocenters. The van der Waals surface area contributed by atoms with E-state index in [0.29, 0.717) is 14.9 Å². The maximum absolute atomic E-state index is 13.8. The molecule has 0 saturated heterocycles. The van der Waals surface area contributed by atoms with Gasteiger partial charge in [-0.05, 0) is 59.4 Å². The lowest BCUT2D eigenvalue weighted by Gasteiger charge is -2.30. The molecule has 6 nitrogen and oxygen atoms in total. The van der Waals surface area contributed by atoms with E-state index in [-0.39, 0.29) is 22.1 Å². The molecule has 4 aromatic rings. The molecule has 2 aliphatic rings. The van der Waals surface area contributed by atoms with Gasteiger partial charge in [-0.1, -0.05) is 65.4 Å². The summed E-state index contributed by atoms with van der Waals surface area (Å²) in [5.41, 5.74) is 4.91. The number of fused-ring (bicyclic) bond motifs is 3. The number of benzene rings is 3. The van der Waals surface area contributed by atoms with Crippen LogP contribution in [0.25, 0.3) is 11.8 Å². The van der Waals surface area contributed by atoms with Crippen LogP contribution in [0, 0.1) is 15.9 Å². The highest BCUT2D eigenvalue weighted by atomic mass is 35.5. The fourth-order valence-electron chi connectivity index (χ4n) is 4.88. The number of aryl methyl sites for hydroxylation is 1. The summed E-state index contributed by atoms with van der Waals surface area (Å²) in [4.78, 5) is 29.9. The fourth-order valence-corrected chi connectivity index (χ4v) is 6.07. The standard InChI is InChI=1S/C27H17ClFN3O3S/c28-21-12-5-15(13-22(21)32(34)35)14-23-26(33)31-25(17-6-9-18(29)10-7-17)20-11-8-16-3-1-2-4-19(16)24(20)30-27(31)36-23/h1-7,9-10,12-14,25H,8,11H2. The van der Waals surface area contributed by atoms with Gasteiger partial charge < -0.3 is 0 Å². The van der Waals surface area contributed by atoms with E-state index in [1.807, 2.05) is 18.2 Å². The molecule has 0 fully saturated rings. The normalized spacial score (nSPS) is 16.7. The number of halogens is 2. The van der Waals surface area contributed by atoms with Crippen LogP contribution in [0.4, 0.5) is 10.1 Å². The number of aromatic nitrogens is 1. The minimum Gasteiger partial charge on any atom is -0.272 e. The Hall–Kier alpha value is -3.88. The number of nitro groups is 1. The van der Waals surface area contributed by atoms with Gasteiger partial charge in [0.25, 0.3) is 11.2 Å². The topological polar surface area (TPSA) is 77.5 Å². The first-order valence-electron chi connectivity index (χ1n) is 11.2. The largest absolute Gasteiger partial charge is 0.288 e. The number of allylic oxidation sites excluding steroid dienone is 1. The number of thiazole rings is 1. The Morgan fingerprint density at radius 2 is 1.89 bits per heavy atom. The molecule has 0 amide bonds. The molecule has 0 N–H and O–H groups in total. The smallest absolute Gasteiger partial charge is 0.272 e. The van der Waals surface area contributed by atoms with Gasteiger partial charge in [-0.3, -0.25) is 19.5 Å². The second kappa shape index (κ2) is 8.65. The number of nitro benzene ring substituents is 1. The van der Waals surface area contributed by atoms with E-state index >= 15 is 0 Å². The van der Waals surface area contributed by atoms with E-state index in [1.54, 1.807) is 28.8 Å². The van der Waals surface area contributed by atoms with Crippen LogP contribution in [0.3, 0.4) is 0 Å². The summed E-state index contributed by atoms with van der Waals surface area (Å²) in [5, 5.41) is 11.3. The molecular formula is C27H17ClFN3O3S. The second-order valence-corrected chi connectivity index (χ2v) is 10.0. The Morgan fingerprint density at radius 1 is 1.11 bits per heavy atom. The first-order chi connectivity index (χ1) is 17.4. The molecule has 0 spiro atoms. The van der Waals surface area contributed by atoms with Crippen LogP contribution in [0.15, 0.2) is 82.1 Å². The predicted octanol–water partition coefficient (Wildman–Crippen LogP) is 5.02. The zero-order valence-corrected chi connectivity index (χ0v) is 20.2. The monoisotopic (exact) mass is 517 g/mol. The van der Waals surface area contributed by atoms with Gasteiger partial charge in [0.1, 0.15) is 10.8 Å². The van der Waals surface area contributed by atoms with Crippen molar-refractivity contribution in [3.05, 3.63) is 135 Å². The average Bonchev–Trinajstić information content (AvgIpc) is 3.18. The molecule has 1 unspecified atom stereocenters. The van der Waals surface area contributed by atoms with E-state index in [4.69, 9.17) is 16.6 Å². The van der Waals surface area contributed by atoms with Crippen molar-refractivity contribution >= 4 is 40.4 Å². The van der Waals surface area contributed by atoms with Gasteiger partial charge in [-0.2, -0.15) is 0 Å². The summed E-state index contributed by atoms with van der Waals surface area (Å²) in [6.45, 7) is 0. The minimum absolute atomic E-state index is 0.0289. The maximum Gasteiger partial charge on any atom is 0.288 e. The molecule has 2 heterocycles. The minimum atomic E-state index is -0.554. The van der Waals surface area contributed by atoms with Crippen molar-refractivity contribution in [3.63, 3.8) is 0 Å². The van der Waals surface area contributed by atoms with Gasteiger partial charge in [0, 0.05) is 11.6 Å². The summed E-state index contributed by atoms with van der Waals surface area (Å²) >= 11 is 7.18. The Labute approximate surface area is 213 Å². The molecule has 1 aromatic heterocycles. The predicted molar refractivity (Wildman–Crippen MR) is 137 cm³/mol. The lowest BCUT2D eigenvalue weighted by Crippen LogP contribution is -2.38. The lowest BCUT2D eigenvalue weighted by atomic mass is 9.83. The Balaban J connectivity index is 1.60. The van der Waals surface area contributed by atoms with Crippen molar-refractivity contribution in [1.29, 1.82) is 0 Å². The van der Waals surface area contributed by atoms with E-state index < -0.39 is 11.0 Å². The Morgan fingerprint density at radius 3 is 2.67 bits per heavy atom. The maximum atomic E-state index is 13.8. The molecule has 6 rings (SSSR count). The van der Waals surface area contributed by atoms with Crippen molar-refractivity contribution < 1.29 is 9.31 Å². The molecule has 1 aliphatic carbocycles. The van der Waals surface area contributed by atoms with Crippen LogP contribution in [0.2, 0.25) is 5.02 Å². The summed E-state index contributed by atoms with van der Waals surface area (Å²) in [5.74, 6) is -0.348. The first kappa shape index (κ1) is 22.6. The number of hydrogen-bond acceptors (Lipinski definition) is 5. The molecule has 36 heavy (non-hydrogen) atoms. The summed E-state index contributed by atoms with van der Waals surface area (Å²) in [6, 6.07) is 18.3. The highest BCUT2D eigenvalue weighted by Gasteiger charge is 2.32. The third kappa shape index (κ3) is 3.70. The van der Waals surface area contributed by atoms with Crippen LogP contribution in [-0.4, -0.2) is 9.49 Å². The van der Waals surface area contributed by atoms with Gasteiger partial charge in [0.05, 0.1) is 21.2 Å². The van der Waals surface area contributed by atoms with Crippen LogP contribution in [0.1, 0.15) is 34.7 Å². The van der Waals surface area contributed by atoms with Gasteiger partial charge in [0.15, 0.2) is 4.80 Å². The Kier molecular flexibility index (Phi) is 5.43. The van der Waals surface area contributed by atoms with Crippen LogP contribution in [0.5, 0.6) is 0 Å². The number of rotatable bonds is 3.